The van der Waals surface area contributed by atoms with Crippen LogP contribution in [0.1, 0.15) is 36.6 Å². The van der Waals surface area contributed by atoms with Gasteiger partial charge in [-0.25, -0.2) is 9.79 Å². The lowest BCUT2D eigenvalue weighted by Crippen LogP contribution is -2.40. The lowest BCUT2D eigenvalue weighted by Gasteiger charge is -2.25. The molecular weight excluding hydrogens is 718 g/mol. The predicted molar refractivity (Wildman–Crippen MR) is 172 cm³/mol. The number of halogens is 4. The first-order valence-electron chi connectivity index (χ1n) is 12.5. The van der Waals surface area contributed by atoms with Crippen LogP contribution in [0.4, 0.5) is 0 Å². The quantitative estimate of drug-likeness (QED) is 0.152. The Bertz CT molecular complexity index is 1880. The van der Waals surface area contributed by atoms with Crippen molar-refractivity contribution in [2.24, 2.45) is 4.99 Å². The first-order valence-corrected chi connectivity index (χ1v) is 15.5. The minimum atomic E-state index is -0.809. The number of hydrogen-bond acceptors (Lipinski definition) is 6. The van der Waals surface area contributed by atoms with Gasteiger partial charge in [-0.2, -0.15) is 0 Å². The number of fused-ring (bicyclic) bond motifs is 1. The Balaban J connectivity index is 1.67. The zero-order valence-electron chi connectivity index (χ0n) is 21.8. The maximum Gasteiger partial charge on any atom is 0.338 e. The van der Waals surface area contributed by atoms with Gasteiger partial charge in [-0.15, -0.1) is 0 Å². The van der Waals surface area contributed by atoms with E-state index in [-0.39, 0.29) is 24.3 Å². The topological polar surface area (TPSA) is 69.9 Å². The second-order valence-corrected chi connectivity index (χ2v) is 12.4. The lowest BCUT2D eigenvalue weighted by atomic mass is 9.96. The van der Waals surface area contributed by atoms with Crippen LogP contribution in [0.3, 0.4) is 0 Å². The molecule has 0 amide bonds. The van der Waals surface area contributed by atoms with E-state index in [0.29, 0.717) is 47.0 Å². The van der Waals surface area contributed by atoms with E-state index in [2.05, 4.69) is 27.6 Å². The Morgan fingerprint density at radius 2 is 1.80 bits per heavy atom. The van der Waals surface area contributed by atoms with Gasteiger partial charge in [-0.05, 0) is 72.3 Å². The molecule has 210 valence electrons. The van der Waals surface area contributed by atoms with Crippen molar-refractivity contribution in [3.8, 4) is 5.75 Å². The number of ether oxygens (including phenoxy) is 2. The van der Waals surface area contributed by atoms with Gasteiger partial charge in [0.25, 0.3) is 5.56 Å². The fourth-order valence-electron chi connectivity index (χ4n) is 4.53. The number of allylic oxidation sites excluding steroid dienone is 1. The Morgan fingerprint density at radius 1 is 1.10 bits per heavy atom. The van der Waals surface area contributed by atoms with Gasteiger partial charge in [0.2, 0.25) is 0 Å². The van der Waals surface area contributed by atoms with Gasteiger partial charge in [-0.1, -0.05) is 82.5 Å². The molecule has 6 nitrogen and oxygen atoms in total. The summed E-state index contributed by atoms with van der Waals surface area (Å²) in [5.41, 5.74) is 2.43. The zero-order chi connectivity index (χ0) is 29.3. The van der Waals surface area contributed by atoms with Gasteiger partial charge < -0.3 is 9.47 Å². The first-order chi connectivity index (χ1) is 19.7. The van der Waals surface area contributed by atoms with Crippen LogP contribution >= 0.6 is 68.7 Å². The van der Waals surface area contributed by atoms with Crippen LogP contribution in [0.15, 0.2) is 81.7 Å². The summed E-state index contributed by atoms with van der Waals surface area (Å²) in [6, 6.07) is 17.3. The molecule has 0 aliphatic carbocycles. The van der Waals surface area contributed by atoms with Crippen LogP contribution in [0.5, 0.6) is 5.75 Å². The van der Waals surface area contributed by atoms with E-state index in [9.17, 15) is 9.59 Å². The molecule has 4 aromatic rings. The van der Waals surface area contributed by atoms with E-state index < -0.39 is 12.0 Å². The summed E-state index contributed by atoms with van der Waals surface area (Å²) in [6.45, 7) is 3.87. The fourth-order valence-corrected chi connectivity index (χ4v) is 7.21. The van der Waals surface area contributed by atoms with Gasteiger partial charge in [0, 0.05) is 26.2 Å². The summed E-state index contributed by atoms with van der Waals surface area (Å²) < 4.78 is 14.2. The highest BCUT2D eigenvalue weighted by molar-refractivity contribution is 14.1. The number of thiazole rings is 1. The minimum absolute atomic E-state index is 0.180. The van der Waals surface area contributed by atoms with Crippen LogP contribution in [-0.2, 0) is 16.1 Å². The Hall–Kier alpha value is -2.63. The number of benzene rings is 3. The largest absolute Gasteiger partial charge is 0.487 e. The van der Waals surface area contributed by atoms with Crippen molar-refractivity contribution in [3.63, 3.8) is 0 Å². The molecule has 5 rings (SSSR count). The number of hydrogen-bond donors (Lipinski definition) is 0. The van der Waals surface area contributed by atoms with E-state index >= 15 is 0 Å². The van der Waals surface area contributed by atoms with Gasteiger partial charge in [0.1, 0.15) is 18.4 Å². The highest BCUT2D eigenvalue weighted by Crippen LogP contribution is 2.35. The second kappa shape index (κ2) is 12.7. The third-order valence-electron chi connectivity index (χ3n) is 6.37. The highest BCUT2D eigenvalue weighted by Gasteiger charge is 2.34. The summed E-state index contributed by atoms with van der Waals surface area (Å²) >= 11 is 22.7. The molecule has 0 spiro atoms. The molecule has 0 unspecified atom stereocenters. The van der Waals surface area contributed by atoms with Gasteiger partial charge in [-0.3, -0.25) is 9.36 Å². The molecule has 1 aliphatic heterocycles. The fraction of sp³-hybridized carbons (Fsp3) is 0.167. The zero-order valence-corrected chi connectivity index (χ0v) is 27.0. The molecule has 0 N–H and O–H groups in total. The van der Waals surface area contributed by atoms with Crippen LogP contribution in [0.2, 0.25) is 15.1 Å². The summed E-state index contributed by atoms with van der Waals surface area (Å²) in [5.74, 6) is 0.0133. The van der Waals surface area contributed by atoms with E-state index in [4.69, 9.17) is 44.3 Å². The van der Waals surface area contributed by atoms with Crippen molar-refractivity contribution in [1.82, 2.24) is 4.57 Å². The predicted octanol–water partition coefficient (Wildman–Crippen LogP) is 6.94. The average molecular weight is 740 g/mol. The summed E-state index contributed by atoms with van der Waals surface area (Å²) in [7, 11) is 0. The maximum absolute atomic E-state index is 14.0. The maximum atomic E-state index is 14.0. The van der Waals surface area contributed by atoms with Crippen LogP contribution < -0.4 is 19.6 Å². The lowest BCUT2D eigenvalue weighted by molar-refractivity contribution is -0.139. The molecule has 11 heteroatoms. The smallest absolute Gasteiger partial charge is 0.338 e. The summed E-state index contributed by atoms with van der Waals surface area (Å²) in [6.07, 6.45) is 1.73. The number of esters is 1. The average Bonchev–Trinajstić information content (AvgIpc) is 3.22. The Labute approximate surface area is 268 Å². The van der Waals surface area contributed by atoms with Crippen molar-refractivity contribution >= 4 is 80.8 Å². The molecule has 0 radical (unpaired) electrons. The molecule has 1 aromatic heterocycles. The number of carbonyl (C=O) groups excluding carboxylic acids is 1. The molecule has 1 aliphatic rings. The Kier molecular flexibility index (Phi) is 9.25. The second-order valence-electron chi connectivity index (χ2n) is 9.01. The van der Waals surface area contributed by atoms with E-state index in [1.807, 2.05) is 24.3 Å². The Morgan fingerprint density at radius 3 is 2.51 bits per heavy atom. The number of nitrogens with zero attached hydrogens (tertiary/aromatic N) is 2. The molecule has 0 fully saturated rings. The van der Waals surface area contributed by atoms with Crippen molar-refractivity contribution in [2.75, 3.05) is 6.61 Å². The molecule has 1 atom stereocenters. The van der Waals surface area contributed by atoms with Crippen molar-refractivity contribution < 1.29 is 14.3 Å². The van der Waals surface area contributed by atoms with Crippen molar-refractivity contribution in [3.05, 3.63) is 127 Å². The number of aromatic nitrogens is 1. The van der Waals surface area contributed by atoms with Crippen molar-refractivity contribution in [2.45, 2.75) is 26.5 Å². The van der Waals surface area contributed by atoms with Crippen molar-refractivity contribution in [1.29, 1.82) is 0 Å². The number of carbonyl (C=O) groups is 1. The SMILES string of the molecule is CCOC(=O)C1=C(C)N=c2s/c(=C\c3cc(Cl)cc(I)c3OCc3ccccc3Cl)c(=O)n2[C@H]1c1ccccc1Cl. The minimum Gasteiger partial charge on any atom is -0.487 e. The molecule has 41 heavy (non-hydrogen) atoms. The number of rotatable bonds is 7. The van der Waals surface area contributed by atoms with Gasteiger partial charge in [0.15, 0.2) is 4.80 Å². The van der Waals surface area contributed by atoms with Crippen LogP contribution in [-0.4, -0.2) is 17.1 Å². The molecule has 2 heterocycles. The van der Waals surface area contributed by atoms with Crippen LogP contribution in [0, 0.1) is 3.57 Å². The van der Waals surface area contributed by atoms with Gasteiger partial charge >= 0.3 is 5.97 Å². The van der Waals surface area contributed by atoms with E-state index in [1.165, 1.54) is 15.9 Å². The monoisotopic (exact) mass is 738 g/mol. The highest BCUT2D eigenvalue weighted by atomic mass is 127. The van der Waals surface area contributed by atoms with E-state index in [0.717, 1.165) is 9.13 Å². The molecule has 3 aromatic carbocycles. The molecule has 0 saturated heterocycles. The third-order valence-corrected chi connectivity index (χ3v) is 9.09. The molecule has 0 bridgehead atoms. The van der Waals surface area contributed by atoms with Gasteiger partial charge in [0.05, 0.1) is 26.0 Å². The first kappa shape index (κ1) is 29.8. The van der Waals surface area contributed by atoms with Crippen LogP contribution in [0.25, 0.3) is 6.08 Å². The summed E-state index contributed by atoms with van der Waals surface area (Å²) in [4.78, 5) is 32.2. The summed E-state index contributed by atoms with van der Waals surface area (Å²) in [5, 5.41) is 1.51. The molecular formula is C30H22Cl3IN2O4S. The molecule has 0 saturated carbocycles. The third kappa shape index (κ3) is 6.12. The normalized spacial score (nSPS) is 15.0. The standard InChI is InChI=1S/C30H22Cl3IN2O4S/c1-3-39-29(38)25-16(2)35-30-36(26(25)20-9-5-7-11-22(20)33)28(37)24(41-30)13-18-12-19(31)14-23(34)27(18)40-15-17-8-4-6-10-21(17)32/h4-14,26H,3,15H2,1-2H3/b24-13-/t26-/m0/s1. The van der Waals surface area contributed by atoms with E-state index in [1.54, 1.807) is 56.3 Å².